The third-order valence-electron chi connectivity index (χ3n) is 3.89. The van der Waals surface area contributed by atoms with Crippen LogP contribution in [0.4, 0.5) is 5.69 Å². The summed E-state index contributed by atoms with van der Waals surface area (Å²) in [6.45, 7) is 7.24. The van der Waals surface area contributed by atoms with Crippen molar-refractivity contribution in [2.45, 2.75) is 32.6 Å². The average Bonchev–Trinajstić information content (AvgIpc) is 2.46. The molecule has 2 aromatic rings. The summed E-state index contributed by atoms with van der Waals surface area (Å²) >= 11 is 6.06. The fourth-order valence-electron chi connectivity index (χ4n) is 2.51. The summed E-state index contributed by atoms with van der Waals surface area (Å²) in [5, 5.41) is 0.518. The molecule has 6 heteroatoms. The van der Waals surface area contributed by atoms with Gasteiger partial charge < -0.3 is 4.74 Å². The van der Waals surface area contributed by atoms with E-state index in [9.17, 15) is 8.42 Å². The Labute approximate surface area is 142 Å². The number of benzene rings is 2. The zero-order chi connectivity index (χ0) is 17.4. The number of halogens is 1. The van der Waals surface area contributed by atoms with Gasteiger partial charge in [0.05, 0.1) is 17.7 Å². The van der Waals surface area contributed by atoms with Gasteiger partial charge in [0.25, 0.3) is 10.0 Å². The van der Waals surface area contributed by atoms with Crippen molar-refractivity contribution in [1.82, 2.24) is 0 Å². The standard InChI is InChI=1S/C17H20ClNO3S/c1-10-6-7-14(9-15(10)18)19-23(20,21)17-11(2)8-16(22-5)12(3)13(17)4/h6-9,19H,1-5H3. The number of aryl methyl sites for hydroxylation is 2. The molecule has 4 nitrogen and oxygen atoms in total. The lowest BCUT2D eigenvalue weighted by Gasteiger charge is -2.17. The van der Waals surface area contributed by atoms with Crippen LogP contribution in [0.25, 0.3) is 0 Å². The highest BCUT2D eigenvalue weighted by atomic mass is 35.5. The van der Waals surface area contributed by atoms with Gasteiger partial charge in [-0.3, -0.25) is 4.72 Å². The minimum Gasteiger partial charge on any atom is -0.496 e. The van der Waals surface area contributed by atoms with Gasteiger partial charge in [0.15, 0.2) is 0 Å². The Kier molecular flexibility index (Phi) is 4.92. The molecule has 2 rings (SSSR count). The molecule has 0 radical (unpaired) electrons. The smallest absolute Gasteiger partial charge is 0.262 e. The summed E-state index contributed by atoms with van der Waals surface area (Å²) in [5.74, 6) is 0.678. The second kappa shape index (κ2) is 6.42. The minimum absolute atomic E-state index is 0.271. The molecule has 0 heterocycles. The van der Waals surface area contributed by atoms with Crippen molar-refractivity contribution in [3.8, 4) is 5.75 Å². The third-order valence-corrected chi connectivity index (χ3v) is 5.97. The monoisotopic (exact) mass is 353 g/mol. The lowest BCUT2D eigenvalue weighted by Crippen LogP contribution is -2.16. The molecule has 0 atom stereocenters. The predicted octanol–water partition coefficient (Wildman–Crippen LogP) is 4.38. The summed E-state index contributed by atoms with van der Waals surface area (Å²) in [7, 11) is -2.14. The average molecular weight is 354 g/mol. The van der Waals surface area contributed by atoms with Gasteiger partial charge in [0.2, 0.25) is 0 Å². The Balaban J connectivity index is 2.52. The third kappa shape index (κ3) is 3.46. The molecule has 0 saturated carbocycles. The lowest BCUT2D eigenvalue weighted by molar-refractivity contribution is 0.410. The van der Waals surface area contributed by atoms with E-state index in [0.29, 0.717) is 27.6 Å². The van der Waals surface area contributed by atoms with E-state index in [1.54, 1.807) is 45.2 Å². The van der Waals surface area contributed by atoms with Crippen molar-refractivity contribution in [2.75, 3.05) is 11.8 Å². The van der Waals surface area contributed by atoms with Crippen molar-refractivity contribution in [3.63, 3.8) is 0 Å². The van der Waals surface area contributed by atoms with E-state index in [-0.39, 0.29) is 4.90 Å². The topological polar surface area (TPSA) is 55.4 Å². The molecule has 0 aromatic heterocycles. The molecule has 0 aliphatic rings. The Morgan fingerprint density at radius 2 is 1.65 bits per heavy atom. The van der Waals surface area contributed by atoms with Crippen LogP contribution >= 0.6 is 11.6 Å². The Bertz CT molecular complexity index is 861. The Morgan fingerprint density at radius 1 is 1.00 bits per heavy atom. The normalized spacial score (nSPS) is 11.4. The number of rotatable bonds is 4. The number of sulfonamides is 1. The minimum atomic E-state index is -3.72. The van der Waals surface area contributed by atoms with Gasteiger partial charge >= 0.3 is 0 Å². The van der Waals surface area contributed by atoms with Crippen molar-refractivity contribution in [3.05, 3.63) is 51.5 Å². The van der Waals surface area contributed by atoms with E-state index in [4.69, 9.17) is 16.3 Å². The summed E-state index contributed by atoms with van der Waals surface area (Å²) in [4.78, 5) is 0.271. The maximum absolute atomic E-state index is 12.8. The highest BCUT2D eigenvalue weighted by Crippen LogP contribution is 2.32. The quantitative estimate of drug-likeness (QED) is 0.887. The van der Waals surface area contributed by atoms with E-state index in [0.717, 1.165) is 11.1 Å². The van der Waals surface area contributed by atoms with Gasteiger partial charge in [-0.2, -0.15) is 0 Å². The van der Waals surface area contributed by atoms with E-state index in [2.05, 4.69) is 4.72 Å². The maximum atomic E-state index is 12.8. The molecule has 0 amide bonds. The molecule has 0 saturated heterocycles. The summed E-state index contributed by atoms with van der Waals surface area (Å²) in [5.41, 5.74) is 3.44. The van der Waals surface area contributed by atoms with Gasteiger partial charge in [0.1, 0.15) is 5.75 Å². The van der Waals surface area contributed by atoms with Crippen molar-refractivity contribution >= 4 is 27.3 Å². The molecule has 2 aromatic carbocycles. The SMILES string of the molecule is COc1cc(C)c(S(=O)(=O)Nc2ccc(C)c(Cl)c2)c(C)c1C. The fraction of sp³-hybridized carbons (Fsp3) is 0.294. The second-order valence-corrected chi connectivity index (χ2v) is 7.57. The second-order valence-electron chi connectivity index (χ2n) is 5.54. The first-order chi connectivity index (χ1) is 10.7. The van der Waals surface area contributed by atoms with Gasteiger partial charge in [-0.1, -0.05) is 17.7 Å². The van der Waals surface area contributed by atoms with Crippen LogP contribution in [0.5, 0.6) is 5.75 Å². The maximum Gasteiger partial charge on any atom is 0.262 e. The predicted molar refractivity (Wildman–Crippen MR) is 94.2 cm³/mol. The highest BCUT2D eigenvalue weighted by molar-refractivity contribution is 7.92. The number of nitrogens with one attached hydrogen (secondary N) is 1. The summed E-state index contributed by atoms with van der Waals surface area (Å²) in [6.07, 6.45) is 0. The molecule has 0 aliphatic carbocycles. The molecule has 0 bridgehead atoms. The number of hydrogen-bond acceptors (Lipinski definition) is 3. The van der Waals surface area contributed by atoms with Gasteiger partial charge in [-0.25, -0.2) is 8.42 Å². The van der Waals surface area contributed by atoms with E-state index in [1.165, 1.54) is 0 Å². The Morgan fingerprint density at radius 3 is 2.22 bits per heavy atom. The van der Waals surface area contributed by atoms with Crippen LogP contribution in [0.2, 0.25) is 5.02 Å². The summed E-state index contributed by atoms with van der Waals surface area (Å²) < 4.78 is 33.5. The molecule has 0 unspecified atom stereocenters. The van der Waals surface area contributed by atoms with Crippen LogP contribution in [0.15, 0.2) is 29.2 Å². The van der Waals surface area contributed by atoms with Gasteiger partial charge in [-0.05, 0) is 68.1 Å². The van der Waals surface area contributed by atoms with E-state index >= 15 is 0 Å². The van der Waals surface area contributed by atoms with Crippen LogP contribution in [-0.2, 0) is 10.0 Å². The molecule has 23 heavy (non-hydrogen) atoms. The number of ether oxygens (including phenoxy) is 1. The van der Waals surface area contributed by atoms with Crippen LogP contribution < -0.4 is 9.46 Å². The summed E-state index contributed by atoms with van der Waals surface area (Å²) in [6, 6.07) is 6.81. The molecular formula is C17H20ClNO3S. The van der Waals surface area contributed by atoms with Crippen LogP contribution in [0.1, 0.15) is 22.3 Å². The zero-order valence-corrected chi connectivity index (χ0v) is 15.4. The number of methoxy groups -OCH3 is 1. The number of hydrogen-bond donors (Lipinski definition) is 1. The molecule has 1 N–H and O–H groups in total. The van der Waals surface area contributed by atoms with E-state index < -0.39 is 10.0 Å². The molecule has 0 spiro atoms. The number of anilines is 1. The first kappa shape index (κ1) is 17.6. The zero-order valence-electron chi connectivity index (χ0n) is 13.8. The Hall–Kier alpha value is -1.72. The van der Waals surface area contributed by atoms with Gasteiger partial charge in [0, 0.05) is 5.02 Å². The van der Waals surface area contributed by atoms with Gasteiger partial charge in [-0.15, -0.1) is 0 Å². The van der Waals surface area contributed by atoms with Crippen LogP contribution in [0, 0.1) is 27.7 Å². The lowest BCUT2D eigenvalue weighted by atomic mass is 10.1. The first-order valence-corrected chi connectivity index (χ1v) is 8.97. The fourth-order valence-corrected chi connectivity index (χ4v) is 4.27. The highest BCUT2D eigenvalue weighted by Gasteiger charge is 2.23. The molecule has 0 fully saturated rings. The largest absolute Gasteiger partial charge is 0.496 e. The molecular weight excluding hydrogens is 334 g/mol. The molecule has 124 valence electrons. The first-order valence-electron chi connectivity index (χ1n) is 7.11. The molecule has 0 aliphatic heterocycles. The van der Waals surface area contributed by atoms with E-state index in [1.807, 2.05) is 13.8 Å². The van der Waals surface area contributed by atoms with Crippen molar-refractivity contribution in [1.29, 1.82) is 0 Å². The van der Waals surface area contributed by atoms with Crippen molar-refractivity contribution < 1.29 is 13.2 Å². The van der Waals surface area contributed by atoms with Crippen molar-refractivity contribution in [2.24, 2.45) is 0 Å². The van der Waals surface area contributed by atoms with Crippen LogP contribution in [0.3, 0.4) is 0 Å². The van der Waals surface area contributed by atoms with Crippen LogP contribution in [-0.4, -0.2) is 15.5 Å².